The maximum Gasteiger partial charge on any atom is 0.135 e. The number of hydrogen-bond acceptors (Lipinski definition) is 3. The van der Waals surface area contributed by atoms with Crippen molar-refractivity contribution in [2.45, 2.75) is 20.3 Å². The summed E-state index contributed by atoms with van der Waals surface area (Å²) in [5.74, 6) is 1.30. The largest absolute Gasteiger partial charge is 0.383 e. The van der Waals surface area contributed by atoms with Crippen molar-refractivity contribution in [2.75, 3.05) is 5.73 Å². The first-order valence-electron chi connectivity index (χ1n) is 4.74. The fourth-order valence-corrected chi connectivity index (χ4v) is 1.64. The van der Waals surface area contributed by atoms with Gasteiger partial charge < -0.3 is 5.73 Å². The van der Waals surface area contributed by atoms with Crippen LogP contribution in [0.4, 0.5) is 5.82 Å². The number of benzene rings is 1. The number of nitrogen functional groups attached to an aromatic ring is 1. The fraction of sp³-hybridized carbons (Fsp3) is 0.273. The molecule has 2 aromatic rings. The number of nitrogens with zero attached hydrogens (tertiary/aromatic N) is 2. The number of para-hydroxylation sites is 1. The van der Waals surface area contributed by atoms with E-state index in [9.17, 15) is 0 Å². The Bertz CT molecular complexity index is 477. The van der Waals surface area contributed by atoms with E-state index in [1.54, 1.807) is 0 Å². The summed E-state index contributed by atoms with van der Waals surface area (Å²) < 4.78 is 0. The molecular formula is C11H13N3. The molecule has 2 N–H and O–H groups in total. The topological polar surface area (TPSA) is 51.8 Å². The first kappa shape index (κ1) is 8.94. The van der Waals surface area contributed by atoms with Crippen molar-refractivity contribution in [2.24, 2.45) is 0 Å². The number of aryl methyl sites for hydroxylation is 2. The lowest BCUT2D eigenvalue weighted by molar-refractivity contribution is 1.07. The second-order valence-electron chi connectivity index (χ2n) is 3.32. The molecule has 72 valence electrons. The highest BCUT2D eigenvalue weighted by Crippen LogP contribution is 2.21. The van der Waals surface area contributed by atoms with Gasteiger partial charge in [-0.3, -0.25) is 0 Å². The zero-order valence-corrected chi connectivity index (χ0v) is 8.41. The van der Waals surface area contributed by atoms with Gasteiger partial charge in [-0.15, -0.1) is 0 Å². The van der Waals surface area contributed by atoms with Gasteiger partial charge in [0.2, 0.25) is 0 Å². The number of aromatic nitrogens is 2. The number of hydrogen-bond donors (Lipinski definition) is 1. The van der Waals surface area contributed by atoms with Gasteiger partial charge in [0, 0.05) is 5.39 Å². The van der Waals surface area contributed by atoms with Crippen LogP contribution in [-0.2, 0) is 6.42 Å². The molecule has 0 unspecified atom stereocenters. The average molecular weight is 187 g/mol. The summed E-state index contributed by atoms with van der Waals surface area (Å²) in [7, 11) is 0. The number of fused-ring (bicyclic) bond motifs is 1. The molecule has 0 aliphatic carbocycles. The lowest BCUT2D eigenvalue weighted by Gasteiger charge is -2.05. The van der Waals surface area contributed by atoms with E-state index in [1.807, 2.05) is 19.1 Å². The Labute approximate surface area is 83.0 Å². The molecule has 0 aliphatic rings. The maximum atomic E-state index is 5.83. The third-order valence-corrected chi connectivity index (χ3v) is 2.33. The van der Waals surface area contributed by atoms with Gasteiger partial charge in [-0.1, -0.05) is 19.1 Å². The van der Waals surface area contributed by atoms with E-state index in [-0.39, 0.29) is 0 Å². The minimum absolute atomic E-state index is 0.572. The van der Waals surface area contributed by atoms with Gasteiger partial charge in [0.05, 0.1) is 5.52 Å². The smallest absolute Gasteiger partial charge is 0.135 e. The number of nitrogens with two attached hydrogens (primary N) is 1. The molecule has 14 heavy (non-hydrogen) atoms. The van der Waals surface area contributed by atoms with Crippen LogP contribution in [0.2, 0.25) is 0 Å². The minimum atomic E-state index is 0.572. The van der Waals surface area contributed by atoms with E-state index >= 15 is 0 Å². The Morgan fingerprint density at radius 3 is 2.79 bits per heavy atom. The maximum absolute atomic E-state index is 5.83. The SMILES string of the molecule is CCc1cccc2c(N)nc(C)nc12. The second kappa shape index (κ2) is 3.25. The summed E-state index contributed by atoms with van der Waals surface area (Å²) in [4.78, 5) is 8.56. The van der Waals surface area contributed by atoms with Crippen LogP contribution in [0.25, 0.3) is 10.9 Å². The van der Waals surface area contributed by atoms with Crippen molar-refractivity contribution in [1.29, 1.82) is 0 Å². The highest BCUT2D eigenvalue weighted by molar-refractivity contribution is 5.90. The molecule has 3 heteroatoms. The zero-order valence-electron chi connectivity index (χ0n) is 8.41. The Kier molecular flexibility index (Phi) is 2.08. The van der Waals surface area contributed by atoms with Gasteiger partial charge in [0.15, 0.2) is 0 Å². The van der Waals surface area contributed by atoms with E-state index in [1.165, 1.54) is 5.56 Å². The van der Waals surface area contributed by atoms with Crippen LogP contribution >= 0.6 is 0 Å². The van der Waals surface area contributed by atoms with Crippen molar-refractivity contribution in [3.63, 3.8) is 0 Å². The molecule has 0 aliphatic heterocycles. The normalized spacial score (nSPS) is 10.7. The molecule has 0 saturated heterocycles. The Morgan fingerprint density at radius 1 is 1.29 bits per heavy atom. The molecule has 1 aromatic heterocycles. The van der Waals surface area contributed by atoms with Crippen LogP contribution in [0.15, 0.2) is 18.2 Å². The van der Waals surface area contributed by atoms with Crippen LogP contribution in [0.1, 0.15) is 18.3 Å². The summed E-state index contributed by atoms with van der Waals surface area (Å²) in [6.45, 7) is 3.98. The van der Waals surface area contributed by atoms with E-state index in [4.69, 9.17) is 5.73 Å². The number of anilines is 1. The summed E-state index contributed by atoms with van der Waals surface area (Å²) in [5, 5.41) is 0.954. The van der Waals surface area contributed by atoms with Crippen LogP contribution < -0.4 is 5.73 Å². The third-order valence-electron chi connectivity index (χ3n) is 2.33. The molecule has 0 fully saturated rings. The van der Waals surface area contributed by atoms with Gasteiger partial charge in [0.25, 0.3) is 0 Å². The van der Waals surface area contributed by atoms with Crippen molar-refractivity contribution < 1.29 is 0 Å². The quantitative estimate of drug-likeness (QED) is 0.743. The minimum Gasteiger partial charge on any atom is -0.383 e. The van der Waals surface area contributed by atoms with Crippen LogP contribution in [0.3, 0.4) is 0 Å². The molecule has 0 spiro atoms. The van der Waals surface area contributed by atoms with Crippen molar-refractivity contribution in [1.82, 2.24) is 9.97 Å². The average Bonchev–Trinajstić information content (AvgIpc) is 2.17. The molecule has 0 amide bonds. The molecule has 0 saturated carbocycles. The molecule has 1 heterocycles. The predicted molar refractivity (Wildman–Crippen MR) is 58.1 cm³/mol. The molecule has 2 rings (SSSR count). The highest BCUT2D eigenvalue weighted by atomic mass is 14.9. The van der Waals surface area contributed by atoms with Gasteiger partial charge >= 0.3 is 0 Å². The molecule has 3 nitrogen and oxygen atoms in total. The van der Waals surface area contributed by atoms with Gasteiger partial charge in [-0.2, -0.15) is 0 Å². The molecular weight excluding hydrogens is 174 g/mol. The Balaban J connectivity index is 2.86. The van der Waals surface area contributed by atoms with Crippen LogP contribution in [-0.4, -0.2) is 9.97 Å². The molecule has 1 aromatic carbocycles. The van der Waals surface area contributed by atoms with Crippen molar-refractivity contribution in [3.8, 4) is 0 Å². The van der Waals surface area contributed by atoms with E-state index in [2.05, 4.69) is 23.0 Å². The second-order valence-corrected chi connectivity index (χ2v) is 3.32. The third kappa shape index (κ3) is 1.31. The van der Waals surface area contributed by atoms with Crippen LogP contribution in [0, 0.1) is 6.92 Å². The first-order chi connectivity index (χ1) is 6.72. The van der Waals surface area contributed by atoms with E-state index < -0.39 is 0 Å². The van der Waals surface area contributed by atoms with Gasteiger partial charge in [-0.05, 0) is 25.0 Å². The molecule has 0 bridgehead atoms. The fourth-order valence-electron chi connectivity index (χ4n) is 1.64. The standard InChI is InChI=1S/C11H13N3/c1-3-8-5-4-6-9-10(8)13-7(2)14-11(9)12/h4-6H,3H2,1-2H3,(H2,12,13,14). The zero-order chi connectivity index (χ0) is 10.1. The van der Waals surface area contributed by atoms with Crippen molar-refractivity contribution in [3.05, 3.63) is 29.6 Å². The lowest BCUT2D eigenvalue weighted by atomic mass is 10.1. The highest BCUT2D eigenvalue weighted by Gasteiger charge is 2.05. The van der Waals surface area contributed by atoms with Crippen molar-refractivity contribution >= 4 is 16.7 Å². The molecule has 0 radical (unpaired) electrons. The Hall–Kier alpha value is -1.64. The Morgan fingerprint density at radius 2 is 2.07 bits per heavy atom. The monoisotopic (exact) mass is 187 g/mol. The summed E-state index contributed by atoms with van der Waals surface area (Å²) in [5.41, 5.74) is 8.04. The molecule has 0 atom stereocenters. The van der Waals surface area contributed by atoms with Gasteiger partial charge in [-0.25, -0.2) is 9.97 Å². The summed E-state index contributed by atoms with van der Waals surface area (Å²) in [6, 6.07) is 6.04. The lowest BCUT2D eigenvalue weighted by Crippen LogP contribution is -1.99. The first-order valence-corrected chi connectivity index (χ1v) is 4.74. The summed E-state index contributed by atoms with van der Waals surface area (Å²) in [6.07, 6.45) is 0.966. The summed E-state index contributed by atoms with van der Waals surface area (Å²) >= 11 is 0. The number of rotatable bonds is 1. The van der Waals surface area contributed by atoms with Crippen LogP contribution in [0.5, 0.6) is 0 Å². The van der Waals surface area contributed by atoms with Gasteiger partial charge in [0.1, 0.15) is 11.6 Å². The van der Waals surface area contributed by atoms with E-state index in [0.717, 1.165) is 23.1 Å². The van der Waals surface area contributed by atoms with E-state index in [0.29, 0.717) is 5.82 Å². The predicted octanol–water partition coefficient (Wildman–Crippen LogP) is 2.08.